The molecule has 1 saturated carbocycles. The molecule has 0 spiro atoms. The molecule has 2 nitrogen and oxygen atoms in total. The first-order valence-corrected chi connectivity index (χ1v) is 7.93. The van der Waals surface area contributed by atoms with Crippen molar-refractivity contribution in [2.75, 3.05) is 6.54 Å². The Morgan fingerprint density at radius 1 is 1.26 bits per heavy atom. The summed E-state index contributed by atoms with van der Waals surface area (Å²) in [4.78, 5) is 14.8. The quantitative estimate of drug-likeness (QED) is 0.799. The van der Waals surface area contributed by atoms with Crippen LogP contribution in [-0.2, 0) is 0 Å². The van der Waals surface area contributed by atoms with Crippen LogP contribution in [0.15, 0.2) is 28.7 Å². The van der Waals surface area contributed by atoms with Crippen molar-refractivity contribution in [3.8, 4) is 0 Å². The van der Waals surface area contributed by atoms with E-state index < -0.39 is 0 Å². The summed E-state index contributed by atoms with van der Waals surface area (Å²) in [5.74, 6) is 0.702. The van der Waals surface area contributed by atoms with Gasteiger partial charge in [-0.2, -0.15) is 0 Å². The summed E-state index contributed by atoms with van der Waals surface area (Å²) in [5.41, 5.74) is 0.802. The second kappa shape index (κ2) is 6.56. The lowest BCUT2D eigenvalue weighted by Gasteiger charge is -2.30. The lowest BCUT2D eigenvalue weighted by molar-refractivity contribution is 0.0655. The van der Waals surface area contributed by atoms with E-state index in [0.717, 1.165) is 29.4 Å². The van der Waals surface area contributed by atoms with Gasteiger partial charge in [-0.1, -0.05) is 42.6 Å². The van der Waals surface area contributed by atoms with Crippen molar-refractivity contribution < 1.29 is 4.79 Å². The van der Waals surface area contributed by atoms with Gasteiger partial charge in [0.2, 0.25) is 0 Å². The minimum absolute atomic E-state index is 0.188. The van der Waals surface area contributed by atoms with Crippen molar-refractivity contribution >= 4 is 21.8 Å². The van der Waals surface area contributed by atoms with E-state index in [2.05, 4.69) is 34.7 Å². The Hall–Kier alpha value is -0.830. The zero-order valence-electron chi connectivity index (χ0n) is 11.7. The second-order valence-electron chi connectivity index (χ2n) is 5.80. The lowest BCUT2D eigenvalue weighted by Crippen LogP contribution is -2.41. The third-order valence-corrected chi connectivity index (χ3v) is 4.21. The third kappa shape index (κ3) is 3.82. The van der Waals surface area contributed by atoms with Crippen LogP contribution >= 0.6 is 15.9 Å². The van der Waals surface area contributed by atoms with Crippen LogP contribution in [-0.4, -0.2) is 23.4 Å². The predicted molar refractivity (Wildman–Crippen MR) is 82.3 cm³/mol. The highest BCUT2D eigenvalue weighted by Crippen LogP contribution is 2.26. The van der Waals surface area contributed by atoms with Gasteiger partial charge in [0.15, 0.2) is 0 Å². The second-order valence-corrected chi connectivity index (χ2v) is 6.71. The van der Waals surface area contributed by atoms with Crippen LogP contribution in [0.5, 0.6) is 0 Å². The number of halogens is 1. The molecule has 1 aromatic rings. The van der Waals surface area contributed by atoms with Gasteiger partial charge < -0.3 is 4.90 Å². The maximum absolute atomic E-state index is 12.7. The molecular formula is C16H22BrNO. The monoisotopic (exact) mass is 323 g/mol. The molecule has 0 radical (unpaired) electrons. The maximum Gasteiger partial charge on any atom is 0.254 e. The van der Waals surface area contributed by atoms with Gasteiger partial charge in [0.25, 0.3) is 5.91 Å². The molecule has 0 saturated heterocycles. The lowest BCUT2D eigenvalue weighted by atomic mass is 10.1. The highest BCUT2D eigenvalue weighted by molar-refractivity contribution is 9.10. The van der Waals surface area contributed by atoms with Crippen LogP contribution in [0.25, 0.3) is 0 Å². The maximum atomic E-state index is 12.7. The van der Waals surface area contributed by atoms with Gasteiger partial charge >= 0.3 is 0 Å². The van der Waals surface area contributed by atoms with Crippen LogP contribution in [0.1, 0.15) is 49.9 Å². The van der Waals surface area contributed by atoms with Gasteiger partial charge in [0.05, 0.1) is 0 Å². The van der Waals surface area contributed by atoms with E-state index in [0.29, 0.717) is 12.0 Å². The standard InChI is InChI=1S/C16H22BrNO/c1-12(2)11-18(15-5-3-4-6-15)16(19)13-7-9-14(17)10-8-13/h7-10,12,15H,3-6,11H2,1-2H3. The van der Waals surface area contributed by atoms with Crippen molar-refractivity contribution in [3.05, 3.63) is 34.3 Å². The molecule has 1 fully saturated rings. The molecule has 104 valence electrons. The molecule has 3 heteroatoms. The first-order chi connectivity index (χ1) is 9.08. The highest BCUT2D eigenvalue weighted by atomic mass is 79.9. The van der Waals surface area contributed by atoms with E-state index in [-0.39, 0.29) is 5.91 Å². The van der Waals surface area contributed by atoms with E-state index in [4.69, 9.17) is 0 Å². The molecule has 19 heavy (non-hydrogen) atoms. The zero-order chi connectivity index (χ0) is 13.8. The van der Waals surface area contributed by atoms with Crippen LogP contribution in [0.3, 0.4) is 0 Å². The molecule has 1 aromatic carbocycles. The Morgan fingerprint density at radius 3 is 2.37 bits per heavy atom. The number of carbonyl (C=O) groups is 1. The summed E-state index contributed by atoms with van der Waals surface area (Å²) in [6, 6.07) is 8.15. The molecule has 1 aliphatic rings. The Balaban J connectivity index is 2.16. The van der Waals surface area contributed by atoms with Gasteiger partial charge in [-0.25, -0.2) is 0 Å². The highest BCUT2D eigenvalue weighted by Gasteiger charge is 2.27. The summed E-state index contributed by atoms with van der Waals surface area (Å²) in [6.07, 6.45) is 4.84. The van der Waals surface area contributed by atoms with Gasteiger partial charge in [0, 0.05) is 22.6 Å². The molecule has 0 atom stereocenters. The van der Waals surface area contributed by atoms with E-state index in [9.17, 15) is 4.79 Å². The molecule has 2 rings (SSSR count). The number of nitrogens with zero attached hydrogens (tertiary/aromatic N) is 1. The van der Waals surface area contributed by atoms with Crippen molar-refractivity contribution in [3.63, 3.8) is 0 Å². The fourth-order valence-electron chi connectivity index (χ4n) is 2.77. The molecule has 1 aliphatic carbocycles. The van der Waals surface area contributed by atoms with Gasteiger partial charge in [-0.05, 0) is 43.0 Å². The van der Waals surface area contributed by atoms with Crippen molar-refractivity contribution in [1.82, 2.24) is 4.90 Å². The molecular weight excluding hydrogens is 302 g/mol. The van der Waals surface area contributed by atoms with Crippen molar-refractivity contribution in [1.29, 1.82) is 0 Å². The Bertz CT molecular complexity index is 421. The Kier molecular flexibility index (Phi) is 5.03. The Morgan fingerprint density at radius 2 is 1.84 bits per heavy atom. The largest absolute Gasteiger partial charge is 0.335 e. The minimum Gasteiger partial charge on any atom is -0.335 e. The van der Waals surface area contributed by atoms with Crippen LogP contribution in [0, 0.1) is 5.92 Å². The SMILES string of the molecule is CC(C)CN(C(=O)c1ccc(Br)cc1)C1CCCC1. The number of benzene rings is 1. The molecule has 0 aliphatic heterocycles. The van der Waals surface area contributed by atoms with Gasteiger partial charge in [0.1, 0.15) is 0 Å². The summed E-state index contributed by atoms with van der Waals surface area (Å²) in [5, 5.41) is 0. The van der Waals surface area contributed by atoms with Crippen LogP contribution in [0.4, 0.5) is 0 Å². The van der Waals surface area contributed by atoms with Gasteiger partial charge in [-0.3, -0.25) is 4.79 Å². The molecule has 0 N–H and O–H groups in total. The number of carbonyl (C=O) groups excluding carboxylic acids is 1. The molecule has 0 bridgehead atoms. The normalized spacial score (nSPS) is 16.0. The van der Waals surface area contributed by atoms with Crippen LogP contribution < -0.4 is 0 Å². The molecule has 1 amide bonds. The van der Waals surface area contributed by atoms with Crippen molar-refractivity contribution in [2.45, 2.75) is 45.6 Å². The number of hydrogen-bond donors (Lipinski definition) is 0. The zero-order valence-corrected chi connectivity index (χ0v) is 13.3. The number of amides is 1. The minimum atomic E-state index is 0.188. The van der Waals surface area contributed by atoms with E-state index >= 15 is 0 Å². The summed E-state index contributed by atoms with van der Waals surface area (Å²) in [6.45, 7) is 5.22. The van der Waals surface area contributed by atoms with E-state index in [1.165, 1.54) is 12.8 Å². The first-order valence-electron chi connectivity index (χ1n) is 7.14. The van der Waals surface area contributed by atoms with E-state index in [1.807, 2.05) is 24.3 Å². The average Bonchev–Trinajstić information content (AvgIpc) is 2.89. The van der Waals surface area contributed by atoms with E-state index in [1.54, 1.807) is 0 Å². The fourth-order valence-corrected chi connectivity index (χ4v) is 3.03. The fraction of sp³-hybridized carbons (Fsp3) is 0.562. The Labute approximate surface area is 124 Å². The van der Waals surface area contributed by atoms with Crippen LogP contribution in [0.2, 0.25) is 0 Å². The smallest absolute Gasteiger partial charge is 0.254 e. The summed E-state index contributed by atoms with van der Waals surface area (Å²) >= 11 is 3.41. The third-order valence-electron chi connectivity index (χ3n) is 3.68. The first kappa shape index (κ1) is 14.6. The molecule has 0 aromatic heterocycles. The summed E-state index contributed by atoms with van der Waals surface area (Å²) in [7, 11) is 0. The average molecular weight is 324 g/mol. The van der Waals surface area contributed by atoms with Crippen molar-refractivity contribution in [2.24, 2.45) is 5.92 Å². The molecule has 0 heterocycles. The predicted octanol–water partition coefficient (Wildman–Crippen LogP) is 4.49. The number of hydrogen-bond acceptors (Lipinski definition) is 1. The van der Waals surface area contributed by atoms with Gasteiger partial charge in [-0.15, -0.1) is 0 Å². The number of rotatable bonds is 4. The molecule has 0 unspecified atom stereocenters. The summed E-state index contributed by atoms with van der Waals surface area (Å²) < 4.78 is 1.01. The topological polar surface area (TPSA) is 20.3 Å².